The average Bonchev–Trinajstić information content (AvgIpc) is 3.13. The molecule has 31 heavy (non-hydrogen) atoms. The molecule has 6 nitrogen and oxygen atoms in total. The zero-order valence-corrected chi connectivity index (χ0v) is 21.1. The van der Waals surface area contributed by atoms with Gasteiger partial charge < -0.3 is 19.9 Å². The first kappa shape index (κ1) is 23.1. The number of halogens is 2. The van der Waals surface area contributed by atoms with Crippen molar-refractivity contribution in [2.75, 3.05) is 39.8 Å². The largest absolute Gasteiger partial charge is 0.377 e. The molecule has 1 spiro atoms. The van der Waals surface area contributed by atoms with E-state index in [1.165, 1.54) is 19.3 Å². The SMILES string of the molecule is CN=C(NC1C2CCOC2C12CCC2)N1CCN(C(=O)Cc2cccc(Cl)c2)CC1.I. The lowest BCUT2D eigenvalue weighted by atomic mass is 9.46. The molecule has 0 aromatic heterocycles. The molecule has 0 radical (unpaired) electrons. The Morgan fingerprint density at radius 1 is 1.26 bits per heavy atom. The van der Waals surface area contributed by atoms with Gasteiger partial charge in [0.2, 0.25) is 5.91 Å². The zero-order valence-electron chi connectivity index (χ0n) is 18.1. The number of guanidine groups is 1. The normalized spacial score (nSPS) is 29.0. The standard InChI is InChI=1S/C23H31ClN4O2.HI/c1-25-22(26-20-18-6-13-30-21(18)23(20)7-3-8-23)28-11-9-27(10-12-28)19(29)15-16-4-2-5-17(24)14-16;/h2,4-5,14,18,20-21H,3,6-13,15H2,1H3,(H,25,26);1H. The van der Waals surface area contributed by atoms with E-state index in [4.69, 9.17) is 16.3 Å². The van der Waals surface area contributed by atoms with Gasteiger partial charge in [-0.15, -0.1) is 24.0 Å². The second-order valence-electron chi connectivity index (χ2n) is 9.17. The van der Waals surface area contributed by atoms with Crippen LogP contribution in [0.1, 0.15) is 31.2 Å². The molecular formula is C23H32ClIN4O2. The van der Waals surface area contributed by atoms with Crippen molar-refractivity contribution in [2.24, 2.45) is 16.3 Å². The number of nitrogens with zero attached hydrogens (tertiary/aromatic N) is 3. The Bertz CT molecular complexity index is 839. The molecule has 170 valence electrons. The van der Waals surface area contributed by atoms with E-state index in [9.17, 15) is 4.79 Å². The number of piperazine rings is 1. The van der Waals surface area contributed by atoms with E-state index in [0.717, 1.165) is 50.7 Å². The highest BCUT2D eigenvalue weighted by Crippen LogP contribution is 2.62. The van der Waals surface area contributed by atoms with Crippen LogP contribution in [-0.2, 0) is 16.0 Å². The number of hydrogen-bond donors (Lipinski definition) is 1. The van der Waals surface area contributed by atoms with Gasteiger partial charge in [-0.1, -0.05) is 30.2 Å². The first-order valence-electron chi connectivity index (χ1n) is 11.2. The minimum Gasteiger partial charge on any atom is -0.377 e. The number of carbonyl (C=O) groups excluding carboxylic acids is 1. The highest BCUT2D eigenvalue weighted by Gasteiger charge is 2.66. The van der Waals surface area contributed by atoms with Gasteiger partial charge in [0.15, 0.2) is 5.96 Å². The summed E-state index contributed by atoms with van der Waals surface area (Å²) in [6.45, 7) is 3.98. The quantitative estimate of drug-likeness (QED) is 0.352. The van der Waals surface area contributed by atoms with Gasteiger partial charge in [-0.25, -0.2) is 0 Å². The Morgan fingerprint density at radius 2 is 2.00 bits per heavy atom. The van der Waals surface area contributed by atoms with E-state index < -0.39 is 0 Å². The summed E-state index contributed by atoms with van der Waals surface area (Å²) in [4.78, 5) is 21.6. The van der Waals surface area contributed by atoms with Gasteiger partial charge in [0, 0.05) is 62.2 Å². The minimum atomic E-state index is 0. The number of amides is 1. The monoisotopic (exact) mass is 558 g/mol. The van der Waals surface area contributed by atoms with Crippen molar-refractivity contribution >= 4 is 47.4 Å². The molecule has 4 fully saturated rings. The molecule has 0 bridgehead atoms. The molecule has 2 aliphatic carbocycles. The van der Waals surface area contributed by atoms with E-state index in [1.807, 2.05) is 36.2 Å². The summed E-state index contributed by atoms with van der Waals surface area (Å²) in [6, 6.07) is 8.05. The Morgan fingerprint density at radius 3 is 2.65 bits per heavy atom. The molecule has 4 aliphatic rings. The van der Waals surface area contributed by atoms with Crippen molar-refractivity contribution < 1.29 is 9.53 Å². The number of benzene rings is 1. The first-order chi connectivity index (χ1) is 14.6. The lowest BCUT2D eigenvalue weighted by molar-refractivity contribution is -0.171. The van der Waals surface area contributed by atoms with Crippen LogP contribution >= 0.6 is 35.6 Å². The van der Waals surface area contributed by atoms with Gasteiger partial charge in [-0.3, -0.25) is 9.79 Å². The fourth-order valence-electron chi connectivity index (χ4n) is 5.99. The van der Waals surface area contributed by atoms with Crippen molar-refractivity contribution in [3.05, 3.63) is 34.9 Å². The molecule has 2 heterocycles. The summed E-state index contributed by atoms with van der Waals surface area (Å²) >= 11 is 6.05. The highest BCUT2D eigenvalue weighted by atomic mass is 127. The summed E-state index contributed by atoms with van der Waals surface area (Å²) in [6.07, 6.45) is 5.89. The van der Waals surface area contributed by atoms with Crippen LogP contribution in [0.25, 0.3) is 0 Å². The fourth-order valence-corrected chi connectivity index (χ4v) is 6.21. The topological polar surface area (TPSA) is 57.2 Å². The molecule has 1 aromatic carbocycles. The average molecular weight is 559 g/mol. The van der Waals surface area contributed by atoms with E-state index in [1.54, 1.807) is 0 Å². The number of hydrogen-bond acceptors (Lipinski definition) is 3. The van der Waals surface area contributed by atoms with Crippen LogP contribution in [0.15, 0.2) is 29.3 Å². The third-order valence-corrected chi connectivity index (χ3v) is 7.94. The van der Waals surface area contributed by atoms with Crippen LogP contribution in [0.4, 0.5) is 0 Å². The number of nitrogens with one attached hydrogen (secondary N) is 1. The summed E-state index contributed by atoms with van der Waals surface area (Å²) in [5, 5.41) is 4.48. The first-order valence-corrected chi connectivity index (χ1v) is 11.6. The van der Waals surface area contributed by atoms with E-state index in [0.29, 0.717) is 34.9 Å². The number of rotatable bonds is 3. The van der Waals surface area contributed by atoms with Crippen LogP contribution in [0.5, 0.6) is 0 Å². The third kappa shape index (κ3) is 4.17. The molecule has 5 rings (SSSR count). The van der Waals surface area contributed by atoms with Gasteiger partial charge in [0.1, 0.15) is 0 Å². The highest BCUT2D eigenvalue weighted by molar-refractivity contribution is 14.0. The molecule has 3 atom stereocenters. The van der Waals surface area contributed by atoms with Gasteiger partial charge in [0.25, 0.3) is 0 Å². The van der Waals surface area contributed by atoms with E-state index in [2.05, 4.69) is 15.2 Å². The summed E-state index contributed by atoms with van der Waals surface area (Å²) in [7, 11) is 1.87. The Kier molecular flexibility index (Phi) is 7.03. The predicted molar refractivity (Wildman–Crippen MR) is 133 cm³/mol. The van der Waals surface area contributed by atoms with Crippen LogP contribution < -0.4 is 5.32 Å². The second kappa shape index (κ2) is 9.43. The van der Waals surface area contributed by atoms with Crippen molar-refractivity contribution in [3.8, 4) is 0 Å². The molecule has 3 unspecified atom stereocenters. The number of ether oxygens (including phenoxy) is 1. The molecule has 2 aliphatic heterocycles. The third-order valence-electron chi connectivity index (χ3n) is 7.71. The maximum absolute atomic E-state index is 12.7. The molecule has 1 aromatic rings. The Hall–Kier alpha value is -1.06. The molecule has 1 amide bonds. The molecule has 8 heteroatoms. The molecule has 2 saturated heterocycles. The molecule has 1 N–H and O–H groups in total. The maximum atomic E-state index is 12.7. The second-order valence-corrected chi connectivity index (χ2v) is 9.61. The van der Waals surface area contributed by atoms with Crippen LogP contribution in [0.3, 0.4) is 0 Å². The van der Waals surface area contributed by atoms with E-state index >= 15 is 0 Å². The smallest absolute Gasteiger partial charge is 0.227 e. The number of carbonyl (C=O) groups is 1. The number of fused-ring (bicyclic) bond motifs is 2. The molecule has 2 saturated carbocycles. The van der Waals surface area contributed by atoms with Gasteiger partial charge in [0.05, 0.1) is 12.5 Å². The van der Waals surface area contributed by atoms with Crippen molar-refractivity contribution in [3.63, 3.8) is 0 Å². The number of aliphatic imine (C=N–C) groups is 1. The zero-order chi connectivity index (χ0) is 20.7. The maximum Gasteiger partial charge on any atom is 0.227 e. The van der Waals surface area contributed by atoms with Crippen molar-refractivity contribution in [1.82, 2.24) is 15.1 Å². The predicted octanol–water partition coefficient (Wildman–Crippen LogP) is 3.18. The fraction of sp³-hybridized carbons (Fsp3) is 0.652. The van der Waals surface area contributed by atoms with Gasteiger partial charge in [-0.05, 0) is 37.0 Å². The Labute approximate surface area is 206 Å². The van der Waals surface area contributed by atoms with Crippen LogP contribution in [0.2, 0.25) is 5.02 Å². The van der Waals surface area contributed by atoms with Crippen LogP contribution in [0, 0.1) is 11.3 Å². The van der Waals surface area contributed by atoms with Gasteiger partial charge >= 0.3 is 0 Å². The van der Waals surface area contributed by atoms with Crippen molar-refractivity contribution in [1.29, 1.82) is 0 Å². The van der Waals surface area contributed by atoms with Gasteiger partial charge in [-0.2, -0.15) is 0 Å². The summed E-state index contributed by atoms with van der Waals surface area (Å²) in [5.41, 5.74) is 1.31. The lowest BCUT2D eigenvalue weighted by Gasteiger charge is -2.63. The lowest BCUT2D eigenvalue weighted by Crippen LogP contribution is -2.73. The van der Waals surface area contributed by atoms with Crippen molar-refractivity contribution in [2.45, 2.75) is 44.2 Å². The van der Waals surface area contributed by atoms with Crippen LogP contribution in [-0.4, -0.2) is 73.6 Å². The molecular weight excluding hydrogens is 527 g/mol. The minimum absolute atomic E-state index is 0. The summed E-state index contributed by atoms with van der Waals surface area (Å²) in [5.74, 6) is 1.78. The van der Waals surface area contributed by atoms with E-state index in [-0.39, 0.29) is 29.9 Å². The Balaban J connectivity index is 0.00000231. The summed E-state index contributed by atoms with van der Waals surface area (Å²) < 4.78 is 6.05.